The molecule has 1 rings (SSSR count). The van der Waals surface area contributed by atoms with Crippen molar-refractivity contribution < 1.29 is 0 Å². The molecule has 0 aliphatic rings. The summed E-state index contributed by atoms with van der Waals surface area (Å²) >= 11 is 0. The normalized spacial score (nSPS) is 9.67. The summed E-state index contributed by atoms with van der Waals surface area (Å²) in [5.74, 6) is 0. The maximum atomic E-state index is 8.63. The number of nitrogens with one attached hydrogen (secondary N) is 1. The van der Waals surface area contributed by atoms with Gasteiger partial charge in [0.15, 0.2) is 5.69 Å². The van der Waals surface area contributed by atoms with Crippen molar-refractivity contribution >= 4 is 0 Å². The van der Waals surface area contributed by atoms with Crippen molar-refractivity contribution in [1.29, 1.82) is 5.26 Å². The number of aromatic nitrogens is 2. The molecular weight excluding hydrogens is 150 g/mol. The van der Waals surface area contributed by atoms with Crippen LogP contribution in [0.5, 0.6) is 0 Å². The zero-order valence-corrected chi connectivity index (χ0v) is 7.30. The minimum Gasteiger partial charge on any atom is -0.284 e. The van der Waals surface area contributed by atoms with Crippen LogP contribution in [0.3, 0.4) is 0 Å². The van der Waals surface area contributed by atoms with Crippen molar-refractivity contribution in [3.63, 3.8) is 0 Å². The number of hydrogen-bond acceptors (Lipinski definition) is 2. The lowest BCUT2D eigenvalue weighted by molar-refractivity contribution is 0.717. The Kier molecular flexibility index (Phi) is 3.34. The number of nitriles is 1. The molecule has 0 atom stereocenters. The highest BCUT2D eigenvalue weighted by atomic mass is 15.1. The molecule has 0 radical (unpaired) electrons. The van der Waals surface area contributed by atoms with E-state index in [1.165, 1.54) is 12.8 Å². The maximum Gasteiger partial charge on any atom is 0.165 e. The van der Waals surface area contributed by atoms with Gasteiger partial charge in [-0.25, -0.2) is 0 Å². The molecule has 0 unspecified atom stereocenters. The molecule has 0 saturated heterocycles. The average Bonchev–Trinajstić information content (AvgIpc) is 2.52. The lowest BCUT2D eigenvalue weighted by atomic mass is 10.1. The van der Waals surface area contributed by atoms with Crippen LogP contribution in [0.4, 0.5) is 0 Å². The predicted octanol–water partition coefficient (Wildman–Crippen LogP) is 2.01. The Morgan fingerprint density at radius 3 is 3.08 bits per heavy atom. The Morgan fingerprint density at radius 1 is 1.58 bits per heavy atom. The Balaban J connectivity index is 2.46. The fourth-order valence-corrected chi connectivity index (χ4v) is 1.17. The summed E-state index contributed by atoms with van der Waals surface area (Å²) in [7, 11) is 0. The fourth-order valence-electron chi connectivity index (χ4n) is 1.17. The molecule has 0 spiro atoms. The maximum absolute atomic E-state index is 8.63. The van der Waals surface area contributed by atoms with Gasteiger partial charge in [-0.05, 0) is 12.8 Å². The van der Waals surface area contributed by atoms with Crippen LogP contribution in [-0.4, -0.2) is 10.2 Å². The first-order valence-electron chi connectivity index (χ1n) is 4.31. The molecule has 0 saturated carbocycles. The van der Waals surface area contributed by atoms with Crippen molar-refractivity contribution in [2.45, 2.75) is 32.6 Å². The zero-order valence-electron chi connectivity index (χ0n) is 7.30. The quantitative estimate of drug-likeness (QED) is 0.690. The number of aromatic amines is 1. The largest absolute Gasteiger partial charge is 0.284 e. The van der Waals surface area contributed by atoms with Gasteiger partial charge < -0.3 is 0 Å². The Morgan fingerprint density at radius 2 is 2.42 bits per heavy atom. The van der Waals surface area contributed by atoms with E-state index in [-0.39, 0.29) is 0 Å². The minimum absolute atomic E-state index is 0.547. The highest BCUT2D eigenvalue weighted by Gasteiger charge is 2.02. The zero-order chi connectivity index (χ0) is 8.81. The molecule has 0 aliphatic carbocycles. The topological polar surface area (TPSA) is 52.5 Å². The van der Waals surface area contributed by atoms with E-state index in [4.69, 9.17) is 5.26 Å². The average molecular weight is 163 g/mol. The summed E-state index contributed by atoms with van der Waals surface area (Å²) in [5.41, 5.74) is 1.59. The van der Waals surface area contributed by atoms with Crippen LogP contribution in [0.15, 0.2) is 6.20 Å². The van der Waals surface area contributed by atoms with Gasteiger partial charge in [-0.3, -0.25) is 5.10 Å². The SMILES string of the molecule is CCCCCc1c[nH]nc1C#N. The van der Waals surface area contributed by atoms with Crippen LogP contribution in [-0.2, 0) is 6.42 Å². The smallest absolute Gasteiger partial charge is 0.165 e. The lowest BCUT2D eigenvalue weighted by Crippen LogP contribution is -1.86. The first kappa shape index (κ1) is 8.79. The van der Waals surface area contributed by atoms with Crippen LogP contribution in [0.1, 0.15) is 37.4 Å². The highest BCUT2D eigenvalue weighted by Crippen LogP contribution is 2.08. The van der Waals surface area contributed by atoms with Crippen LogP contribution in [0.2, 0.25) is 0 Å². The van der Waals surface area contributed by atoms with Gasteiger partial charge in [0, 0.05) is 11.8 Å². The van der Waals surface area contributed by atoms with Gasteiger partial charge in [-0.1, -0.05) is 19.8 Å². The molecule has 3 nitrogen and oxygen atoms in total. The molecule has 0 aliphatic heterocycles. The molecule has 1 N–H and O–H groups in total. The third-order valence-electron chi connectivity index (χ3n) is 1.87. The summed E-state index contributed by atoms with van der Waals surface area (Å²) in [4.78, 5) is 0. The minimum atomic E-state index is 0.547. The number of unbranched alkanes of at least 4 members (excludes halogenated alkanes) is 2. The van der Waals surface area contributed by atoms with Crippen molar-refractivity contribution in [3.05, 3.63) is 17.5 Å². The summed E-state index contributed by atoms with van der Waals surface area (Å²) in [6, 6.07) is 2.06. The molecule has 1 aromatic heterocycles. The van der Waals surface area contributed by atoms with Gasteiger partial charge in [-0.15, -0.1) is 0 Å². The fraction of sp³-hybridized carbons (Fsp3) is 0.556. The van der Waals surface area contributed by atoms with Gasteiger partial charge in [0.2, 0.25) is 0 Å². The molecule has 0 amide bonds. The highest BCUT2D eigenvalue weighted by molar-refractivity contribution is 5.28. The van der Waals surface area contributed by atoms with Crippen LogP contribution in [0, 0.1) is 11.3 Å². The lowest BCUT2D eigenvalue weighted by Gasteiger charge is -1.94. The Bertz CT molecular complexity index is 270. The predicted molar refractivity (Wildman–Crippen MR) is 46.5 cm³/mol. The van der Waals surface area contributed by atoms with E-state index in [1.807, 2.05) is 6.20 Å². The number of nitrogens with zero attached hydrogens (tertiary/aromatic N) is 2. The van der Waals surface area contributed by atoms with Gasteiger partial charge in [0.1, 0.15) is 6.07 Å². The van der Waals surface area contributed by atoms with E-state index < -0.39 is 0 Å². The number of rotatable bonds is 4. The van der Waals surface area contributed by atoms with Crippen molar-refractivity contribution in [1.82, 2.24) is 10.2 Å². The summed E-state index contributed by atoms with van der Waals surface area (Å²) in [6.07, 6.45) is 6.35. The molecule has 3 heteroatoms. The first-order chi connectivity index (χ1) is 5.88. The molecule has 0 aromatic carbocycles. The Labute approximate surface area is 72.4 Å². The van der Waals surface area contributed by atoms with Gasteiger partial charge in [-0.2, -0.15) is 10.4 Å². The molecule has 0 bridgehead atoms. The monoisotopic (exact) mass is 163 g/mol. The second-order valence-electron chi connectivity index (χ2n) is 2.83. The van der Waals surface area contributed by atoms with E-state index in [0.29, 0.717) is 5.69 Å². The Hall–Kier alpha value is -1.30. The van der Waals surface area contributed by atoms with Crippen molar-refractivity contribution in [2.24, 2.45) is 0 Å². The van der Waals surface area contributed by atoms with Gasteiger partial charge in [0.05, 0.1) is 0 Å². The third-order valence-corrected chi connectivity index (χ3v) is 1.87. The molecule has 1 heterocycles. The van der Waals surface area contributed by atoms with E-state index in [9.17, 15) is 0 Å². The van der Waals surface area contributed by atoms with Crippen molar-refractivity contribution in [3.8, 4) is 6.07 Å². The van der Waals surface area contributed by atoms with Gasteiger partial charge in [0.25, 0.3) is 0 Å². The third kappa shape index (κ3) is 2.09. The van der Waals surface area contributed by atoms with E-state index in [1.54, 1.807) is 0 Å². The molecule has 0 fully saturated rings. The standard InChI is InChI=1S/C9H13N3/c1-2-3-4-5-8-7-11-12-9(8)6-10/h7H,2-5H2,1H3,(H,11,12). The number of H-pyrrole nitrogens is 1. The summed E-state index contributed by atoms with van der Waals surface area (Å²) < 4.78 is 0. The van der Waals surface area contributed by atoms with Crippen LogP contribution in [0.25, 0.3) is 0 Å². The second kappa shape index (κ2) is 4.55. The van der Waals surface area contributed by atoms with E-state index in [2.05, 4.69) is 23.2 Å². The van der Waals surface area contributed by atoms with Gasteiger partial charge >= 0.3 is 0 Å². The van der Waals surface area contributed by atoms with Crippen LogP contribution < -0.4 is 0 Å². The molecule has 12 heavy (non-hydrogen) atoms. The van der Waals surface area contributed by atoms with E-state index >= 15 is 0 Å². The second-order valence-corrected chi connectivity index (χ2v) is 2.83. The molecule has 1 aromatic rings. The molecular formula is C9H13N3. The summed E-state index contributed by atoms with van der Waals surface area (Å²) in [5, 5.41) is 15.2. The number of aryl methyl sites for hydroxylation is 1. The molecule has 64 valence electrons. The summed E-state index contributed by atoms with van der Waals surface area (Å²) in [6.45, 7) is 2.17. The van der Waals surface area contributed by atoms with Crippen molar-refractivity contribution in [2.75, 3.05) is 0 Å². The first-order valence-corrected chi connectivity index (χ1v) is 4.31. The van der Waals surface area contributed by atoms with E-state index in [0.717, 1.165) is 18.4 Å². The van der Waals surface area contributed by atoms with Crippen LogP contribution >= 0.6 is 0 Å². The number of hydrogen-bond donors (Lipinski definition) is 1.